The average Bonchev–Trinajstić information content (AvgIpc) is 2.48. The van der Waals surface area contributed by atoms with Crippen LogP contribution < -0.4 is 11.1 Å². The summed E-state index contributed by atoms with van der Waals surface area (Å²) in [5.41, 5.74) is 6.30. The van der Waals surface area contributed by atoms with E-state index in [0.717, 1.165) is 25.7 Å². The smallest absolute Gasteiger partial charge is 0.128 e. The van der Waals surface area contributed by atoms with Crippen LogP contribution in [-0.4, -0.2) is 24.3 Å². The molecule has 0 heterocycles. The highest BCUT2D eigenvalue weighted by atomic mass is 35.5. The Balaban J connectivity index is 2.13. The van der Waals surface area contributed by atoms with Gasteiger partial charge in [0.05, 0.1) is 0 Å². The van der Waals surface area contributed by atoms with Crippen molar-refractivity contribution in [1.82, 2.24) is 5.32 Å². The quantitative estimate of drug-likeness (QED) is 0.783. The minimum Gasteiger partial charge on any atom is -0.396 e. The van der Waals surface area contributed by atoms with Crippen molar-refractivity contribution in [1.29, 1.82) is 0 Å². The van der Waals surface area contributed by atoms with Gasteiger partial charge in [0.1, 0.15) is 5.82 Å². The first kappa shape index (κ1) is 15.7. The third-order valence-corrected chi connectivity index (χ3v) is 4.36. The van der Waals surface area contributed by atoms with Crippen LogP contribution >= 0.6 is 11.6 Å². The van der Waals surface area contributed by atoms with Gasteiger partial charge in [-0.1, -0.05) is 24.4 Å². The lowest BCUT2D eigenvalue weighted by Gasteiger charge is -2.34. The number of aliphatic hydroxyl groups is 1. The molecule has 0 amide bonds. The highest BCUT2D eigenvalue weighted by molar-refractivity contribution is 6.30. The van der Waals surface area contributed by atoms with Gasteiger partial charge in [0.2, 0.25) is 0 Å². The summed E-state index contributed by atoms with van der Waals surface area (Å²) in [6, 6.07) is 4.43. The van der Waals surface area contributed by atoms with Crippen LogP contribution in [0.2, 0.25) is 5.02 Å². The number of nitrogens with one attached hydrogen (secondary N) is 1. The zero-order valence-corrected chi connectivity index (χ0v) is 12.2. The van der Waals surface area contributed by atoms with Crippen LogP contribution in [-0.2, 0) is 0 Å². The van der Waals surface area contributed by atoms with Crippen molar-refractivity contribution in [3.63, 3.8) is 0 Å². The van der Waals surface area contributed by atoms with Gasteiger partial charge < -0.3 is 16.2 Å². The molecule has 4 N–H and O–H groups in total. The lowest BCUT2D eigenvalue weighted by molar-refractivity contribution is 0.146. The second kappa shape index (κ2) is 7.36. The summed E-state index contributed by atoms with van der Waals surface area (Å²) in [7, 11) is 0. The summed E-state index contributed by atoms with van der Waals surface area (Å²) in [6.07, 6.45) is 4.26. The highest BCUT2D eigenvalue weighted by Crippen LogP contribution is 2.28. The van der Waals surface area contributed by atoms with E-state index >= 15 is 0 Å². The van der Waals surface area contributed by atoms with E-state index < -0.39 is 0 Å². The minimum atomic E-state index is -0.297. The second-order valence-corrected chi connectivity index (χ2v) is 5.89. The van der Waals surface area contributed by atoms with Crippen LogP contribution in [0.1, 0.15) is 37.3 Å². The van der Waals surface area contributed by atoms with Gasteiger partial charge in [0.15, 0.2) is 0 Å². The molecule has 1 aromatic rings. The van der Waals surface area contributed by atoms with E-state index in [1.807, 2.05) is 0 Å². The second-order valence-electron chi connectivity index (χ2n) is 5.45. The van der Waals surface area contributed by atoms with E-state index in [4.69, 9.17) is 17.3 Å². The lowest BCUT2D eigenvalue weighted by Crippen LogP contribution is -2.44. The first-order valence-electron chi connectivity index (χ1n) is 7.17. The molecule has 0 saturated heterocycles. The Bertz CT molecular complexity index is 444. The predicted octanol–water partition coefficient (Wildman–Crippen LogP) is 2.62. The molecule has 0 radical (unpaired) electrons. The third kappa shape index (κ3) is 3.70. The van der Waals surface area contributed by atoms with E-state index in [9.17, 15) is 9.50 Å². The molecule has 3 nitrogen and oxygen atoms in total. The zero-order valence-electron chi connectivity index (χ0n) is 11.5. The largest absolute Gasteiger partial charge is 0.396 e. The van der Waals surface area contributed by atoms with E-state index in [1.54, 1.807) is 6.07 Å². The van der Waals surface area contributed by atoms with Crippen molar-refractivity contribution in [2.45, 2.75) is 37.8 Å². The summed E-state index contributed by atoms with van der Waals surface area (Å²) in [5.74, 6) is -0.0752. The zero-order chi connectivity index (χ0) is 14.5. The molecule has 1 aromatic carbocycles. The number of hydrogen-bond acceptors (Lipinski definition) is 3. The fourth-order valence-corrected chi connectivity index (χ4v) is 3.15. The van der Waals surface area contributed by atoms with Crippen LogP contribution in [0.25, 0.3) is 0 Å². The van der Waals surface area contributed by atoms with E-state index in [0.29, 0.717) is 17.1 Å². The Morgan fingerprint density at radius 1 is 1.40 bits per heavy atom. The van der Waals surface area contributed by atoms with Gasteiger partial charge in [-0.3, -0.25) is 0 Å². The summed E-state index contributed by atoms with van der Waals surface area (Å²) in [6.45, 7) is 0.457. The van der Waals surface area contributed by atoms with Crippen LogP contribution in [0.15, 0.2) is 18.2 Å². The minimum absolute atomic E-state index is 0.160. The van der Waals surface area contributed by atoms with Gasteiger partial charge in [0.25, 0.3) is 0 Å². The van der Waals surface area contributed by atoms with Crippen LogP contribution in [0.3, 0.4) is 0 Å². The Kier molecular flexibility index (Phi) is 5.78. The number of nitrogens with two attached hydrogens (primary N) is 1. The third-order valence-electron chi connectivity index (χ3n) is 4.13. The normalized spacial score (nSPS) is 24.6. The molecule has 3 unspecified atom stereocenters. The lowest BCUT2D eigenvalue weighted by atomic mass is 9.84. The summed E-state index contributed by atoms with van der Waals surface area (Å²) in [4.78, 5) is 0. The molecule has 5 heteroatoms. The van der Waals surface area contributed by atoms with Gasteiger partial charge >= 0.3 is 0 Å². The molecule has 1 saturated carbocycles. The standard InChI is InChI=1S/C15H22ClFN2O/c16-11-5-6-13(17)12(7-11)15(8-18)19-14-4-2-1-3-10(14)9-20/h5-7,10,14-15,19-20H,1-4,8-9,18H2. The van der Waals surface area contributed by atoms with Crippen molar-refractivity contribution in [2.24, 2.45) is 11.7 Å². The van der Waals surface area contributed by atoms with Crippen molar-refractivity contribution >= 4 is 11.6 Å². The van der Waals surface area contributed by atoms with Gasteiger partial charge in [-0.05, 0) is 37.0 Å². The molecule has 1 fully saturated rings. The Morgan fingerprint density at radius 3 is 2.85 bits per heavy atom. The molecule has 2 rings (SSSR count). The average molecular weight is 301 g/mol. The molecule has 1 aliphatic rings. The van der Waals surface area contributed by atoms with E-state index in [1.165, 1.54) is 12.1 Å². The molecule has 0 aromatic heterocycles. The maximum atomic E-state index is 13.9. The van der Waals surface area contributed by atoms with E-state index in [-0.39, 0.29) is 30.4 Å². The number of halogens is 2. The Hall–Kier alpha value is -0.680. The highest BCUT2D eigenvalue weighted by Gasteiger charge is 2.27. The molecule has 112 valence electrons. The SMILES string of the molecule is NCC(NC1CCCCC1CO)c1cc(Cl)ccc1F. The van der Waals surface area contributed by atoms with Gasteiger partial charge in [0, 0.05) is 35.8 Å². The van der Waals surface area contributed by atoms with Crippen molar-refractivity contribution in [2.75, 3.05) is 13.2 Å². The summed E-state index contributed by atoms with van der Waals surface area (Å²) >= 11 is 5.94. The Morgan fingerprint density at radius 2 is 2.15 bits per heavy atom. The molecule has 20 heavy (non-hydrogen) atoms. The number of benzene rings is 1. The summed E-state index contributed by atoms with van der Waals surface area (Å²) in [5, 5.41) is 13.4. The van der Waals surface area contributed by atoms with Crippen LogP contribution in [0, 0.1) is 11.7 Å². The van der Waals surface area contributed by atoms with Gasteiger partial charge in [-0.2, -0.15) is 0 Å². The first-order chi connectivity index (χ1) is 9.65. The van der Waals surface area contributed by atoms with Crippen LogP contribution in [0.4, 0.5) is 4.39 Å². The predicted molar refractivity (Wildman–Crippen MR) is 79.2 cm³/mol. The maximum absolute atomic E-state index is 13.9. The monoisotopic (exact) mass is 300 g/mol. The fraction of sp³-hybridized carbons (Fsp3) is 0.600. The molecular weight excluding hydrogens is 279 g/mol. The number of aliphatic hydroxyl groups excluding tert-OH is 1. The Labute approximate surface area is 124 Å². The molecular formula is C15H22ClFN2O. The fourth-order valence-electron chi connectivity index (χ4n) is 2.97. The number of hydrogen-bond donors (Lipinski definition) is 3. The molecule has 1 aliphatic carbocycles. The molecule has 0 spiro atoms. The maximum Gasteiger partial charge on any atom is 0.128 e. The molecule has 0 aliphatic heterocycles. The molecule has 3 atom stereocenters. The van der Waals surface area contributed by atoms with Crippen LogP contribution in [0.5, 0.6) is 0 Å². The van der Waals surface area contributed by atoms with Crippen molar-refractivity contribution in [3.05, 3.63) is 34.6 Å². The van der Waals surface area contributed by atoms with Gasteiger partial charge in [-0.15, -0.1) is 0 Å². The van der Waals surface area contributed by atoms with E-state index in [2.05, 4.69) is 5.32 Å². The molecule has 0 bridgehead atoms. The topological polar surface area (TPSA) is 58.3 Å². The van der Waals surface area contributed by atoms with Crippen molar-refractivity contribution < 1.29 is 9.50 Å². The van der Waals surface area contributed by atoms with Gasteiger partial charge in [-0.25, -0.2) is 4.39 Å². The summed E-state index contributed by atoms with van der Waals surface area (Å²) < 4.78 is 13.9. The van der Waals surface area contributed by atoms with Crippen molar-refractivity contribution in [3.8, 4) is 0 Å². The first-order valence-corrected chi connectivity index (χ1v) is 7.55. The number of rotatable bonds is 5.